The number of benzene rings is 1. The van der Waals surface area contributed by atoms with Crippen molar-refractivity contribution in [2.75, 3.05) is 30.0 Å². The van der Waals surface area contributed by atoms with Crippen LogP contribution in [0.5, 0.6) is 11.5 Å². The molecule has 0 atom stereocenters. The summed E-state index contributed by atoms with van der Waals surface area (Å²) in [6, 6.07) is 3.29. The molecule has 2 amide bonds. The number of hydrogen-bond acceptors (Lipinski definition) is 6. The third-order valence-electron chi connectivity index (χ3n) is 4.09. The molecule has 0 bridgehead atoms. The van der Waals surface area contributed by atoms with Gasteiger partial charge in [-0.05, 0) is 6.42 Å². The van der Waals surface area contributed by atoms with Crippen molar-refractivity contribution in [3.05, 3.63) is 28.2 Å². The van der Waals surface area contributed by atoms with Gasteiger partial charge in [-0.25, -0.2) is 4.98 Å². The van der Waals surface area contributed by atoms with Crippen molar-refractivity contribution in [1.29, 1.82) is 0 Å². The van der Waals surface area contributed by atoms with Gasteiger partial charge in [0.15, 0.2) is 16.6 Å². The zero-order valence-electron chi connectivity index (χ0n) is 13.8. The van der Waals surface area contributed by atoms with E-state index in [4.69, 9.17) is 21.1 Å². The minimum absolute atomic E-state index is 0.0819. The summed E-state index contributed by atoms with van der Waals surface area (Å²) in [6.45, 7) is 1.62. The predicted molar refractivity (Wildman–Crippen MR) is 98.5 cm³/mol. The second-order valence-electron chi connectivity index (χ2n) is 5.97. The van der Waals surface area contributed by atoms with Gasteiger partial charge in [0, 0.05) is 30.5 Å². The Kier molecular flexibility index (Phi) is 4.69. The van der Waals surface area contributed by atoms with E-state index in [2.05, 4.69) is 10.3 Å². The number of hydrogen-bond donors (Lipinski definition) is 1. The Labute approximate surface area is 158 Å². The molecule has 1 saturated heterocycles. The molecule has 2 aromatic rings. The van der Waals surface area contributed by atoms with Gasteiger partial charge in [0.1, 0.15) is 13.2 Å². The number of nitrogens with one attached hydrogen (secondary N) is 1. The molecule has 9 heteroatoms. The Morgan fingerprint density at radius 3 is 2.81 bits per heavy atom. The zero-order valence-corrected chi connectivity index (χ0v) is 15.4. The van der Waals surface area contributed by atoms with Crippen LogP contribution in [-0.4, -0.2) is 36.6 Å². The van der Waals surface area contributed by atoms with Crippen molar-refractivity contribution in [2.24, 2.45) is 0 Å². The van der Waals surface area contributed by atoms with Gasteiger partial charge >= 0.3 is 0 Å². The molecule has 4 rings (SSSR count). The lowest BCUT2D eigenvalue weighted by Gasteiger charge is -2.20. The number of carbonyl (C=O) groups is 2. The largest absolute Gasteiger partial charge is 0.486 e. The first kappa shape index (κ1) is 17.1. The van der Waals surface area contributed by atoms with Crippen molar-refractivity contribution >= 4 is 45.6 Å². The highest BCUT2D eigenvalue weighted by Crippen LogP contribution is 2.38. The van der Waals surface area contributed by atoms with Crippen LogP contribution in [0, 0.1) is 0 Å². The van der Waals surface area contributed by atoms with E-state index < -0.39 is 0 Å². The monoisotopic (exact) mass is 393 g/mol. The maximum Gasteiger partial charge on any atom is 0.230 e. The van der Waals surface area contributed by atoms with E-state index in [1.807, 2.05) is 0 Å². The number of anilines is 2. The number of rotatable bonds is 4. The maximum atomic E-state index is 12.3. The van der Waals surface area contributed by atoms with Gasteiger partial charge in [-0.3, -0.25) is 14.5 Å². The lowest BCUT2D eigenvalue weighted by Crippen LogP contribution is -2.23. The smallest absolute Gasteiger partial charge is 0.230 e. The molecule has 7 nitrogen and oxygen atoms in total. The number of nitrogens with zero attached hydrogens (tertiary/aromatic N) is 2. The number of carbonyl (C=O) groups excluding carboxylic acids is 2. The molecule has 1 aromatic carbocycles. The fourth-order valence-electron chi connectivity index (χ4n) is 2.87. The minimum atomic E-state index is -0.242. The van der Waals surface area contributed by atoms with Crippen molar-refractivity contribution in [1.82, 2.24) is 4.98 Å². The molecule has 136 valence electrons. The number of thiazole rings is 1. The van der Waals surface area contributed by atoms with Gasteiger partial charge < -0.3 is 14.8 Å². The maximum absolute atomic E-state index is 12.3. The summed E-state index contributed by atoms with van der Waals surface area (Å²) in [5.41, 5.74) is 1.09. The molecule has 1 fully saturated rings. The van der Waals surface area contributed by atoms with Crippen LogP contribution in [0.15, 0.2) is 17.5 Å². The van der Waals surface area contributed by atoms with Crippen molar-refractivity contribution in [3.8, 4) is 11.5 Å². The van der Waals surface area contributed by atoms with Gasteiger partial charge in [-0.15, -0.1) is 11.3 Å². The molecule has 0 radical (unpaired) electrons. The summed E-state index contributed by atoms with van der Waals surface area (Å²) < 4.78 is 11.0. The van der Waals surface area contributed by atoms with Crippen LogP contribution in [0.1, 0.15) is 18.5 Å². The molecule has 0 spiro atoms. The van der Waals surface area contributed by atoms with Crippen LogP contribution in [-0.2, 0) is 16.0 Å². The summed E-state index contributed by atoms with van der Waals surface area (Å²) in [5, 5.41) is 5.60. The standard InChI is InChI=1S/C17H16ClN3O4S/c18-11-7-13-14(25-5-4-24-13)8-12(11)20-15(22)6-10-9-26-17(19-10)21-3-1-2-16(21)23/h7-9H,1-6H2,(H,20,22). The Morgan fingerprint density at radius 1 is 1.31 bits per heavy atom. The molecule has 1 N–H and O–H groups in total. The number of ether oxygens (including phenoxy) is 2. The zero-order chi connectivity index (χ0) is 18.1. The van der Waals surface area contributed by atoms with Crippen LogP contribution in [0.2, 0.25) is 5.02 Å². The molecular weight excluding hydrogens is 378 g/mol. The van der Waals surface area contributed by atoms with Crippen molar-refractivity contribution in [2.45, 2.75) is 19.3 Å². The van der Waals surface area contributed by atoms with E-state index in [1.165, 1.54) is 11.3 Å². The predicted octanol–water partition coefficient (Wildman–Crippen LogP) is 2.88. The van der Waals surface area contributed by atoms with Crippen LogP contribution in [0.25, 0.3) is 0 Å². The second-order valence-corrected chi connectivity index (χ2v) is 7.21. The van der Waals surface area contributed by atoms with Crippen molar-refractivity contribution < 1.29 is 19.1 Å². The molecular formula is C17H16ClN3O4S. The van der Waals surface area contributed by atoms with E-state index in [1.54, 1.807) is 22.4 Å². The Morgan fingerprint density at radius 2 is 2.08 bits per heavy atom. The average Bonchev–Trinajstić information content (AvgIpc) is 3.24. The van der Waals surface area contributed by atoms with Gasteiger partial charge in [-0.2, -0.15) is 0 Å². The molecule has 0 saturated carbocycles. The normalized spacial score (nSPS) is 16.0. The van der Waals surface area contributed by atoms with E-state index in [-0.39, 0.29) is 18.2 Å². The van der Waals surface area contributed by atoms with E-state index in [9.17, 15) is 9.59 Å². The van der Waals surface area contributed by atoms with Crippen LogP contribution in [0.3, 0.4) is 0 Å². The quantitative estimate of drug-likeness (QED) is 0.863. The molecule has 3 heterocycles. The van der Waals surface area contributed by atoms with Gasteiger partial charge in [0.05, 0.1) is 22.8 Å². The fraction of sp³-hybridized carbons (Fsp3) is 0.353. The van der Waals surface area contributed by atoms with E-state index >= 15 is 0 Å². The Hall–Kier alpha value is -2.32. The summed E-state index contributed by atoms with van der Waals surface area (Å²) in [4.78, 5) is 30.2. The van der Waals surface area contributed by atoms with Crippen LogP contribution < -0.4 is 19.7 Å². The molecule has 0 unspecified atom stereocenters. The molecule has 2 aliphatic rings. The summed E-state index contributed by atoms with van der Waals surface area (Å²) >= 11 is 7.58. The third-order valence-corrected chi connectivity index (χ3v) is 5.32. The number of aromatic nitrogens is 1. The number of fused-ring (bicyclic) bond motifs is 1. The fourth-order valence-corrected chi connectivity index (χ4v) is 3.94. The second kappa shape index (κ2) is 7.13. The topological polar surface area (TPSA) is 80.8 Å². The highest BCUT2D eigenvalue weighted by atomic mass is 35.5. The highest BCUT2D eigenvalue weighted by molar-refractivity contribution is 7.14. The van der Waals surface area contributed by atoms with E-state index in [0.29, 0.717) is 59.2 Å². The third kappa shape index (κ3) is 3.47. The lowest BCUT2D eigenvalue weighted by molar-refractivity contribution is -0.117. The molecule has 1 aromatic heterocycles. The first-order valence-electron chi connectivity index (χ1n) is 8.24. The van der Waals surface area contributed by atoms with Gasteiger partial charge in [0.2, 0.25) is 11.8 Å². The number of halogens is 1. The van der Waals surface area contributed by atoms with Gasteiger partial charge in [0.25, 0.3) is 0 Å². The summed E-state index contributed by atoms with van der Waals surface area (Å²) in [6.07, 6.45) is 1.50. The lowest BCUT2D eigenvalue weighted by atomic mass is 10.2. The average molecular weight is 394 g/mol. The first-order chi connectivity index (χ1) is 12.6. The Balaban J connectivity index is 1.43. The Bertz CT molecular complexity index is 870. The molecule has 0 aliphatic carbocycles. The highest BCUT2D eigenvalue weighted by Gasteiger charge is 2.24. The molecule has 2 aliphatic heterocycles. The molecule has 26 heavy (non-hydrogen) atoms. The van der Waals surface area contributed by atoms with Crippen LogP contribution in [0.4, 0.5) is 10.8 Å². The van der Waals surface area contributed by atoms with Crippen molar-refractivity contribution in [3.63, 3.8) is 0 Å². The summed E-state index contributed by atoms with van der Waals surface area (Å²) in [7, 11) is 0. The first-order valence-corrected chi connectivity index (χ1v) is 9.49. The van der Waals surface area contributed by atoms with E-state index in [0.717, 1.165) is 6.42 Å². The SMILES string of the molecule is O=C(Cc1csc(N2CCCC2=O)n1)Nc1cc2c(cc1Cl)OCCO2. The van der Waals surface area contributed by atoms with Crippen LogP contribution >= 0.6 is 22.9 Å². The summed E-state index contributed by atoms with van der Waals surface area (Å²) in [5.74, 6) is 0.963. The minimum Gasteiger partial charge on any atom is -0.486 e. The number of amides is 2. The van der Waals surface area contributed by atoms with Gasteiger partial charge in [-0.1, -0.05) is 11.6 Å².